The van der Waals surface area contributed by atoms with Gasteiger partial charge in [0, 0.05) is 11.8 Å². The predicted octanol–water partition coefficient (Wildman–Crippen LogP) is 2.48. The van der Waals surface area contributed by atoms with Gasteiger partial charge in [-0.3, -0.25) is 0 Å². The van der Waals surface area contributed by atoms with Crippen molar-refractivity contribution < 1.29 is 0 Å². The van der Waals surface area contributed by atoms with E-state index in [9.17, 15) is 0 Å². The maximum Gasteiger partial charge on any atom is 0.0705 e. The molecule has 1 heteroatoms. The molecule has 0 saturated carbocycles. The van der Waals surface area contributed by atoms with Crippen molar-refractivity contribution >= 4 is 0 Å². The minimum atomic E-state index is 1.12. The van der Waals surface area contributed by atoms with E-state index in [2.05, 4.69) is 23.3 Å². The lowest BCUT2D eigenvalue weighted by atomic mass is 10.1. The molecule has 0 aliphatic carbocycles. The van der Waals surface area contributed by atoms with Crippen LogP contribution in [-0.2, 0) is 0 Å². The number of H-pyrrole nitrogens is 1. The fourth-order valence-corrected chi connectivity index (χ4v) is 1.07. The maximum atomic E-state index is 3.03. The summed E-state index contributed by atoms with van der Waals surface area (Å²) in [6, 6.07) is 12.2. The van der Waals surface area contributed by atoms with Crippen LogP contribution in [0.4, 0.5) is 0 Å². The van der Waals surface area contributed by atoms with E-state index in [4.69, 9.17) is 0 Å². The molecule has 0 spiro atoms. The standard InChI is InChI=1S/C10H8N/c1-2-4-9(5-3-1)10-6-7-11-8-10/h1-7,11H. The number of rotatable bonds is 1. The third-order valence-corrected chi connectivity index (χ3v) is 1.62. The Kier molecular flexibility index (Phi) is 1.48. The Bertz CT molecular complexity index is 308. The van der Waals surface area contributed by atoms with Crippen molar-refractivity contribution in [1.29, 1.82) is 0 Å². The topological polar surface area (TPSA) is 15.8 Å². The number of benzene rings is 1. The highest BCUT2D eigenvalue weighted by molar-refractivity contribution is 5.61. The minimum Gasteiger partial charge on any atom is -0.359 e. The quantitative estimate of drug-likeness (QED) is 0.629. The molecule has 0 unspecified atom stereocenters. The molecule has 0 aliphatic heterocycles. The van der Waals surface area contributed by atoms with Gasteiger partial charge < -0.3 is 4.98 Å². The van der Waals surface area contributed by atoms with Gasteiger partial charge in [-0.1, -0.05) is 30.3 Å². The van der Waals surface area contributed by atoms with Gasteiger partial charge in [-0.05, 0) is 11.6 Å². The van der Waals surface area contributed by atoms with Crippen molar-refractivity contribution in [3.8, 4) is 11.1 Å². The van der Waals surface area contributed by atoms with Gasteiger partial charge in [0.1, 0.15) is 0 Å². The number of hydrogen-bond donors (Lipinski definition) is 1. The number of aromatic nitrogens is 1. The van der Waals surface area contributed by atoms with E-state index >= 15 is 0 Å². The smallest absolute Gasteiger partial charge is 0.0705 e. The first-order chi connectivity index (χ1) is 5.47. The molecule has 53 valence electrons. The SMILES string of the molecule is [c]1[nH]ccc1-c1ccccc1. The molecule has 1 nitrogen and oxygen atoms in total. The Morgan fingerprint density at radius 2 is 1.82 bits per heavy atom. The van der Waals surface area contributed by atoms with Gasteiger partial charge in [-0.2, -0.15) is 0 Å². The van der Waals surface area contributed by atoms with E-state index in [-0.39, 0.29) is 0 Å². The van der Waals surface area contributed by atoms with Crippen LogP contribution in [0.25, 0.3) is 11.1 Å². The fraction of sp³-hybridized carbons (Fsp3) is 0. The second-order valence-electron chi connectivity index (χ2n) is 2.38. The maximum absolute atomic E-state index is 3.03. The molecule has 0 fully saturated rings. The van der Waals surface area contributed by atoms with Crippen LogP contribution in [0.1, 0.15) is 0 Å². The molecule has 1 N–H and O–H groups in total. The summed E-state index contributed by atoms with van der Waals surface area (Å²) in [5.41, 5.74) is 2.32. The van der Waals surface area contributed by atoms with Crippen LogP contribution in [0.5, 0.6) is 0 Å². The third-order valence-electron chi connectivity index (χ3n) is 1.62. The largest absolute Gasteiger partial charge is 0.359 e. The van der Waals surface area contributed by atoms with E-state index in [1.54, 1.807) is 0 Å². The molecule has 0 saturated heterocycles. The normalized spacial score (nSPS) is 9.82. The summed E-state index contributed by atoms with van der Waals surface area (Å²) < 4.78 is 0. The first kappa shape index (κ1) is 6.23. The Labute approximate surface area is 65.7 Å². The summed E-state index contributed by atoms with van der Waals surface area (Å²) in [6.07, 6.45) is 4.91. The Morgan fingerprint density at radius 1 is 1.00 bits per heavy atom. The molecule has 1 heterocycles. The number of hydrogen-bond acceptors (Lipinski definition) is 0. The summed E-state index contributed by atoms with van der Waals surface area (Å²) >= 11 is 0. The first-order valence-electron chi connectivity index (χ1n) is 3.57. The summed E-state index contributed by atoms with van der Waals surface area (Å²) in [4.78, 5) is 2.90. The highest BCUT2D eigenvalue weighted by Crippen LogP contribution is 2.16. The molecular formula is C10H8N. The first-order valence-corrected chi connectivity index (χ1v) is 3.57. The molecule has 2 aromatic rings. The zero-order valence-electron chi connectivity index (χ0n) is 6.04. The second kappa shape index (κ2) is 2.62. The molecular weight excluding hydrogens is 134 g/mol. The Hall–Kier alpha value is -1.50. The lowest BCUT2D eigenvalue weighted by Crippen LogP contribution is -1.70. The van der Waals surface area contributed by atoms with E-state index in [1.807, 2.05) is 30.5 Å². The van der Waals surface area contributed by atoms with Crippen molar-refractivity contribution in [2.45, 2.75) is 0 Å². The van der Waals surface area contributed by atoms with Gasteiger partial charge in [0.15, 0.2) is 0 Å². The molecule has 0 bridgehead atoms. The van der Waals surface area contributed by atoms with Crippen LogP contribution < -0.4 is 0 Å². The van der Waals surface area contributed by atoms with E-state index in [0.717, 1.165) is 5.56 Å². The molecule has 1 aromatic carbocycles. The predicted molar refractivity (Wildman–Crippen MR) is 45.1 cm³/mol. The van der Waals surface area contributed by atoms with Gasteiger partial charge in [-0.15, -0.1) is 0 Å². The van der Waals surface area contributed by atoms with Crippen molar-refractivity contribution in [1.82, 2.24) is 4.98 Å². The molecule has 1 radical (unpaired) electrons. The molecule has 0 atom stereocenters. The third kappa shape index (κ3) is 1.17. The summed E-state index contributed by atoms with van der Waals surface area (Å²) in [6.45, 7) is 0. The monoisotopic (exact) mass is 142 g/mol. The molecule has 0 aliphatic rings. The highest BCUT2D eigenvalue weighted by Gasteiger charge is 1.93. The molecule has 11 heavy (non-hydrogen) atoms. The van der Waals surface area contributed by atoms with Crippen LogP contribution in [0.2, 0.25) is 0 Å². The lowest BCUT2D eigenvalue weighted by Gasteiger charge is -1.92. The van der Waals surface area contributed by atoms with Crippen LogP contribution in [0, 0.1) is 6.20 Å². The van der Waals surface area contributed by atoms with Gasteiger partial charge in [-0.25, -0.2) is 0 Å². The Morgan fingerprint density at radius 3 is 2.45 bits per heavy atom. The van der Waals surface area contributed by atoms with E-state index < -0.39 is 0 Å². The zero-order chi connectivity index (χ0) is 7.52. The molecule has 2 rings (SSSR count). The van der Waals surface area contributed by atoms with Crippen molar-refractivity contribution in [2.24, 2.45) is 0 Å². The average molecular weight is 142 g/mol. The summed E-state index contributed by atoms with van der Waals surface area (Å²) in [5.74, 6) is 0. The van der Waals surface area contributed by atoms with Crippen LogP contribution in [0.3, 0.4) is 0 Å². The molecule has 0 amide bonds. The van der Waals surface area contributed by atoms with Crippen LogP contribution >= 0.6 is 0 Å². The van der Waals surface area contributed by atoms with Gasteiger partial charge in [0.05, 0.1) is 6.20 Å². The van der Waals surface area contributed by atoms with E-state index in [0.29, 0.717) is 0 Å². The fourth-order valence-electron chi connectivity index (χ4n) is 1.07. The van der Waals surface area contributed by atoms with Gasteiger partial charge >= 0.3 is 0 Å². The van der Waals surface area contributed by atoms with Gasteiger partial charge in [0.2, 0.25) is 0 Å². The lowest BCUT2D eigenvalue weighted by molar-refractivity contribution is 1.40. The number of aromatic amines is 1. The van der Waals surface area contributed by atoms with E-state index in [1.165, 1.54) is 5.56 Å². The number of nitrogens with one attached hydrogen (secondary N) is 1. The highest BCUT2D eigenvalue weighted by atomic mass is 14.6. The van der Waals surface area contributed by atoms with Crippen LogP contribution in [-0.4, -0.2) is 4.98 Å². The zero-order valence-corrected chi connectivity index (χ0v) is 6.04. The van der Waals surface area contributed by atoms with Gasteiger partial charge in [0.25, 0.3) is 0 Å². The second-order valence-corrected chi connectivity index (χ2v) is 2.38. The Balaban J connectivity index is 2.46. The molecule has 1 aromatic heterocycles. The van der Waals surface area contributed by atoms with Crippen molar-refractivity contribution in [2.75, 3.05) is 0 Å². The average Bonchev–Trinajstić information content (AvgIpc) is 2.58. The van der Waals surface area contributed by atoms with Crippen LogP contribution in [0.15, 0.2) is 42.6 Å². The minimum absolute atomic E-state index is 1.12. The summed E-state index contributed by atoms with van der Waals surface area (Å²) in [7, 11) is 0. The summed E-state index contributed by atoms with van der Waals surface area (Å²) in [5, 5.41) is 0. The van der Waals surface area contributed by atoms with Crippen molar-refractivity contribution in [3.05, 3.63) is 48.8 Å². The van der Waals surface area contributed by atoms with Crippen molar-refractivity contribution in [3.63, 3.8) is 0 Å².